The topological polar surface area (TPSA) is 454 Å². The monoisotopic (exact) mass is 2090 g/mol. The van der Waals surface area contributed by atoms with Gasteiger partial charge >= 0.3 is 24.1 Å². The molecule has 39 heteroatoms. The van der Waals surface area contributed by atoms with Gasteiger partial charge in [-0.25, -0.2) is 54.3 Å². The Morgan fingerprint density at radius 2 is 0.895 bits per heavy atom. The van der Waals surface area contributed by atoms with Crippen LogP contribution < -0.4 is 16.4 Å². The molecule has 12 atom stereocenters. The quantitative estimate of drug-likeness (QED) is 0.0417. The number of nitrogens with zero attached hydrogens (tertiary/aromatic N) is 17. The summed E-state index contributed by atoms with van der Waals surface area (Å²) in [6.45, 7) is 33.1. The van der Waals surface area contributed by atoms with Crippen molar-refractivity contribution in [3.8, 4) is 22.5 Å². The van der Waals surface area contributed by atoms with Crippen LogP contribution in [-0.4, -0.2) is 213 Å². The standard InChI is InChI=1S/C28H27BrN8O3.C19H25BrN2O3.C15H13N5O3.C14H17BrN2O.C12H19NO4.C6H7BrN2.ClH/c1-14-5-6-23(29)33-26(14)34-27(40)20-8-28(4)9-22(28)37(20)24(39)13-36-21-12-32-19(17-10-30-16(3)31-11-17)7-18(21)25(35-36)15(2)38;1-11-6-7-16(20)21-12(11)8-14(23)13-9-19(5)10-15(19)22(13)17(24)25-18(2,3)4;1-8(21)15-11-3-12(10-4-16-9(2)17-5-10)18-6-13(11)20(19-15)7-14(22)23;1-8-3-4-13(15)17-9(8)5-11(18)10-6-14(2)7-12(14)16-10;1-11(2,3)17-10(16)13-7(9(14)15)5-12(4)6-8(12)13;1-4-2-3-5(7)9-6(4)8;/h5-7,10-12,20,22H,8-9,13H2,1-4H3,(H,33,34,40);6-7,13,15H,8-10H2,1-5H3;3-6H,7H2,1-2H3,(H,22,23);3-4,10,12,16H,5-7H2,1-2H3;7-8H,5-6H2,1-4H3,(H,14,15);2-3H,1H3,(H2,8,9);1H/t20-,22+,28-;13-,15+,19-;;10-,12+,14-;7-,8+,12-;;/m00.00../s1. The SMILES string of the molecule is CC(=O)c1nn(CC(=O)N2[C@H](C(=O)Nc3nc(Br)ccc3C)C[C@@]3(C)C[C@@H]23)c2cnc(-c3cnc(C)nc3)cc12.CC(=O)c1nn(CC(=O)O)c2cnc(-c3cnc(C)nc3)cc12.CC(C)(C)OC(=O)N1[C@H](C(=O)O)C[C@@]2(C)C[C@@H]12.Cc1ccc(Br)nc1CC(=O)[C@@H]1C[C@@]2(C)C[C@H]2N1.Cc1ccc(Br)nc1CC(=O)[C@@H]1C[C@@]2(C)C[C@H]2N1C(=O)OC(C)(C)C.Cc1ccc(Br)nc1N.Cl. The molecule has 4 amide bonds. The number of carbonyl (C=O) groups excluding carboxylic acids is 8. The van der Waals surface area contributed by atoms with Crippen LogP contribution in [0, 0.1) is 63.2 Å². The normalized spacial score (nSPS) is 23.2. The van der Waals surface area contributed by atoms with E-state index in [0.717, 1.165) is 68.5 Å². The fraction of sp³-hybridized carbons (Fsp3) is 0.468. The van der Waals surface area contributed by atoms with Crippen LogP contribution in [0.25, 0.3) is 44.3 Å². The number of anilines is 2. The number of carboxylic acids is 2. The molecule has 4 saturated heterocycles. The third-order valence-electron chi connectivity index (χ3n) is 25.3. The molecular weight excluding hydrogens is 1990 g/mol. The Hall–Kier alpha value is -10.9. The largest absolute Gasteiger partial charge is 0.480 e. The van der Waals surface area contributed by atoms with Crippen molar-refractivity contribution in [2.75, 3.05) is 11.1 Å². The third-order valence-corrected chi connectivity index (χ3v) is 27.0. The summed E-state index contributed by atoms with van der Waals surface area (Å²) in [4.78, 5) is 171. The lowest BCUT2D eigenvalue weighted by Gasteiger charge is -2.29. The van der Waals surface area contributed by atoms with E-state index in [1.165, 1.54) is 40.7 Å². The van der Waals surface area contributed by atoms with Crippen LogP contribution in [0.2, 0.25) is 0 Å². The Morgan fingerprint density at radius 1 is 0.489 bits per heavy atom. The van der Waals surface area contributed by atoms with Gasteiger partial charge in [0.2, 0.25) is 11.8 Å². The number of ketones is 4. The molecule has 6 N–H and O–H groups in total. The second-order valence-corrected chi connectivity index (χ2v) is 41.7. The summed E-state index contributed by atoms with van der Waals surface area (Å²) in [5.74, 6) is -0.299. The number of amides is 4. The molecule has 0 aromatic carbocycles. The number of hydrogen-bond acceptors (Lipinski definition) is 26. The highest BCUT2D eigenvalue weighted by Crippen LogP contribution is 2.62. The molecule has 10 aromatic rings. The van der Waals surface area contributed by atoms with Gasteiger partial charge in [-0.2, -0.15) is 10.2 Å². The molecule has 34 nitrogen and oxygen atoms in total. The smallest absolute Gasteiger partial charge is 0.411 e. The maximum atomic E-state index is 13.8. The lowest BCUT2D eigenvalue weighted by atomic mass is 9.96. The van der Waals surface area contributed by atoms with Gasteiger partial charge in [-0.3, -0.25) is 62.7 Å². The number of rotatable bonds is 17. The molecule has 0 bridgehead atoms. The number of aryl methyl sites for hydroxylation is 6. The van der Waals surface area contributed by atoms with Crippen molar-refractivity contribution >= 4 is 169 Å². The number of nitrogen functional groups attached to an aromatic ring is 1. The van der Waals surface area contributed by atoms with Crippen LogP contribution in [-0.2, 0) is 64.2 Å². The van der Waals surface area contributed by atoms with Crippen molar-refractivity contribution in [2.45, 2.75) is 261 Å². The minimum Gasteiger partial charge on any atom is -0.480 e. The number of nitrogens with one attached hydrogen (secondary N) is 2. The van der Waals surface area contributed by atoms with Crippen LogP contribution in [0.4, 0.5) is 21.2 Å². The molecule has 14 heterocycles. The van der Waals surface area contributed by atoms with Crippen LogP contribution in [0.5, 0.6) is 0 Å². The van der Waals surface area contributed by atoms with Crippen molar-refractivity contribution in [1.29, 1.82) is 0 Å². The number of fused-ring (bicyclic) bond motifs is 6. The Morgan fingerprint density at radius 3 is 1.32 bits per heavy atom. The number of aromatic nitrogens is 14. The van der Waals surface area contributed by atoms with E-state index in [4.69, 9.17) is 25.4 Å². The summed E-state index contributed by atoms with van der Waals surface area (Å²) in [6, 6.07) is 17.6. The predicted octanol–water partition coefficient (Wildman–Crippen LogP) is 15.8. The van der Waals surface area contributed by atoms with E-state index in [1.807, 2.05) is 104 Å². The molecule has 0 radical (unpaired) electrons. The highest BCUT2D eigenvalue weighted by molar-refractivity contribution is 9.11. The number of nitrogens with two attached hydrogens (primary N) is 1. The fourth-order valence-electron chi connectivity index (χ4n) is 17.4. The van der Waals surface area contributed by atoms with Gasteiger partial charge in [-0.05, 0) is 278 Å². The Bertz CT molecular complexity index is 6250. The van der Waals surface area contributed by atoms with Gasteiger partial charge < -0.3 is 41.0 Å². The van der Waals surface area contributed by atoms with E-state index in [2.05, 4.69) is 155 Å². The Balaban J connectivity index is 0.000000151. The first-order valence-corrected chi connectivity index (χ1v) is 46.5. The van der Waals surface area contributed by atoms with Crippen molar-refractivity contribution in [3.63, 3.8) is 0 Å². The third kappa shape index (κ3) is 23.7. The average Bonchev–Trinajstić information content (AvgIpc) is 1.54. The maximum absolute atomic E-state index is 13.8. The van der Waals surface area contributed by atoms with Gasteiger partial charge in [0.15, 0.2) is 23.1 Å². The molecule has 4 aliphatic carbocycles. The van der Waals surface area contributed by atoms with Crippen LogP contribution in [0.15, 0.2) is 116 Å². The minimum atomic E-state index is -1.04. The first kappa shape index (κ1) is 101. The van der Waals surface area contributed by atoms with Gasteiger partial charge in [0.1, 0.15) is 89.5 Å². The number of carboxylic acid groups (broad SMARTS) is 2. The van der Waals surface area contributed by atoms with Crippen molar-refractivity contribution in [3.05, 3.63) is 173 Å². The number of pyridine rings is 6. The van der Waals surface area contributed by atoms with Crippen LogP contribution in [0.3, 0.4) is 0 Å². The number of aliphatic carboxylic acids is 2. The lowest BCUT2D eigenvalue weighted by Crippen LogP contribution is -2.47. The molecule has 0 unspecified atom stereocenters. The molecule has 8 aliphatic rings. The highest BCUT2D eigenvalue weighted by atomic mass is 79.9. The lowest BCUT2D eigenvalue weighted by molar-refractivity contribution is -0.143. The molecule has 0 spiro atoms. The van der Waals surface area contributed by atoms with E-state index < -0.39 is 47.4 Å². The maximum Gasteiger partial charge on any atom is 0.411 e. The molecule has 8 fully saturated rings. The molecule has 133 heavy (non-hydrogen) atoms. The number of Topliss-reactive ketones (excluding diaryl/α,β-unsaturated/α-hetero) is 4. The van der Waals surface area contributed by atoms with Gasteiger partial charge in [-0.15, -0.1) is 12.4 Å². The van der Waals surface area contributed by atoms with Gasteiger partial charge in [0.25, 0.3) is 0 Å². The first-order chi connectivity index (χ1) is 61.8. The number of hydrogen-bond donors (Lipinski definition) is 5. The van der Waals surface area contributed by atoms with Gasteiger partial charge in [0, 0.05) is 84.7 Å². The first-order valence-electron chi connectivity index (χ1n) is 43.3. The second-order valence-electron chi connectivity index (χ2n) is 38.5. The summed E-state index contributed by atoms with van der Waals surface area (Å²) < 4.78 is 16.5. The summed E-state index contributed by atoms with van der Waals surface area (Å²) in [5, 5.41) is 34.2. The van der Waals surface area contributed by atoms with E-state index in [1.54, 1.807) is 87.5 Å². The molecule has 18 rings (SSSR count). The highest BCUT2D eigenvalue weighted by Gasteiger charge is 2.67. The van der Waals surface area contributed by atoms with Crippen LogP contribution >= 0.6 is 76.1 Å². The predicted molar refractivity (Wildman–Crippen MR) is 512 cm³/mol. The van der Waals surface area contributed by atoms with Crippen molar-refractivity contribution in [1.82, 2.24) is 89.4 Å². The summed E-state index contributed by atoms with van der Waals surface area (Å²) in [5.41, 5.74) is 14.3. The van der Waals surface area contributed by atoms with Gasteiger partial charge in [-0.1, -0.05) is 52.0 Å². The number of piperidine rings is 4. The average molecular weight is 2100 g/mol. The van der Waals surface area contributed by atoms with Gasteiger partial charge in [0.05, 0.1) is 71.1 Å². The van der Waals surface area contributed by atoms with Crippen LogP contribution in [0.1, 0.15) is 201 Å². The number of carbonyl (C=O) groups is 10. The number of halogens is 5. The molecule has 704 valence electrons. The fourth-order valence-corrected chi connectivity index (χ4v) is 18.7. The van der Waals surface area contributed by atoms with Crippen molar-refractivity contribution < 1.29 is 67.6 Å². The number of ether oxygens (including phenoxy) is 2. The Kier molecular flexibility index (Phi) is 30.1. The van der Waals surface area contributed by atoms with E-state index >= 15 is 0 Å². The molecule has 10 aromatic heterocycles. The van der Waals surface area contributed by atoms with E-state index in [0.29, 0.717) is 114 Å². The minimum absolute atomic E-state index is 0. The summed E-state index contributed by atoms with van der Waals surface area (Å²) in [7, 11) is 0. The molecule has 4 saturated carbocycles. The zero-order valence-electron chi connectivity index (χ0n) is 77.2. The van der Waals surface area contributed by atoms with E-state index in [9.17, 15) is 47.9 Å². The number of likely N-dealkylation sites (tertiary alicyclic amines) is 3. The van der Waals surface area contributed by atoms with E-state index in [-0.39, 0.29) is 125 Å². The Labute approximate surface area is 809 Å². The second kappa shape index (κ2) is 39.6. The van der Waals surface area contributed by atoms with Crippen molar-refractivity contribution in [2.24, 2.45) is 21.7 Å². The summed E-state index contributed by atoms with van der Waals surface area (Å²) in [6.07, 6.45) is 16.3. The zero-order chi connectivity index (χ0) is 96.2. The zero-order valence-corrected chi connectivity index (χ0v) is 84.4. The molecular formula is C94H109Br4ClN20O14. The summed E-state index contributed by atoms with van der Waals surface area (Å²) >= 11 is 13.3. The molecule has 4 aliphatic heterocycles.